The molecular formula is C16H13F2N3. The maximum Gasteiger partial charge on any atom is 0.131 e. The van der Waals surface area contributed by atoms with E-state index in [9.17, 15) is 8.78 Å². The van der Waals surface area contributed by atoms with E-state index in [-0.39, 0.29) is 6.54 Å². The van der Waals surface area contributed by atoms with Gasteiger partial charge in [-0.3, -0.25) is 4.98 Å². The zero-order valence-corrected chi connectivity index (χ0v) is 11.1. The number of pyridine rings is 1. The van der Waals surface area contributed by atoms with Crippen molar-refractivity contribution in [3.63, 3.8) is 0 Å². The molecule has 3 aromatic rings. The van der Waals surface area contributed by atoms with Gasteiger partial charge in [-0.05, 0) is 30.3 Å². The summed E-state index contributed by atoms with van der Waals surface area (Å²) in [6.45, 7) is 0.238. The second-order valence-corrected chi connectivity index (χ2v) is 4.69. The highest BCUT2D eigenvalue weighted by Gasteiger charge is 2.07. The molecule has 0 amide bonds. The molecule has 5 heteroatoms. The van der Waals surface area contributed by atoms with Crippen LogP contribution < -0.4 is 11.1 Å². The van der Waals surface area contributed by atoms with Crippen molar-refractivity contribution in [3.8, 4) is 0 Å². The molecule has 3 rings (SSSR count). The van der Waals surface area contributed by atoms with Crippen molar-refractivity contribution >= 4 is 22.3 Å². The van der Waals surface area contributed by atoms with Gasteiger partial charge in [-0.1, -0.05) is 6.07 Å². The van der Waals surface area contributed by atoms with Crippen LogP contribution in [0.2, 0.25) is 0 Å². The Balaban J connectivity index is 1.90. The number of halogens is 2. The number of rotatable bonds is 3. The highest BCUT2D eigenvalue weighted by Crippen LogP contribution is 2.26. The molecule has 0 aliphatic carbocycles. The molecule has 0 bridgehead atoms. The average Bonchev–Trinajstić information content (AvgIpc) is 2.48. The van der Waals surface area contributed by atoms with Gasteiger partial charge >= 0.3 is 0 Å². The van der Waals surface area contributed by atoms with Crippen molar-refractivity contribution < 1.29 is 8.78 Å². The van der Waals surface area contributed by atoms with Crippen LogP contribution in [0.1, 0.15) is 5.56 Å². The molecule has 0 saturated carbocycles. The van der Waals surface area contributed by atoms with E-state index >= 15 is 0 Å². The SMILES string of the molecule is Nc1ccc(NCc2ccc(F)cc2F)c2ncccc12. The molecule has 3 nitrogen and oxygen atoms in total. The third kappa shape index (κ3) is 2.63. The largest absolute Gasteiger partial charge is 0.398 e. The number of nitrogens with zero attached hydrogens (tertiary/aromatic N) is 1. The summed E-state index contributed by atoms with van der Waals surface area (Å²) in [5.74, 6) is -1.16. The van der Waals surface area contributed by atoms with Gasteiger partial charge in [0.2, 0.25) is 0 Å². The van der Waals surface area contributed by atoms with Crippen molar-refractivity contribution in [3.05, 3.63) is 65.9 Å². The zero-order chi connectivity index (χ0) is 14.8. The molecule has 0 unspecified atom stereocenters. The summed E-state index contributed by atoms with van der Waals surface area (Å²) in [5.41, 5.74) is 8.40. The fourth-order valence-electron chi connectivity index (χ4n) is 2.19. The quantitative estimate of drug-likeness (QED) is 0.721. The van der Waals surface area contributed by atoms with Crippen LogP contribution in [-0.4, -0.2) is 4.98 Å². The normalized spacial score (nSPS) is 10.8. The third-order valence-electron chi connectivity index (χ3n) is 3.29. The first-order valence-corrected chi connectivity index (χ1v) is 6.46. The molecule has 0 aliphatic heterocycles. The van der Waals surface area contributed by atoms with Crippen molar-refractivity contribution in [1.82, 2.24) is 4.98 Å². The van der Waals surface area contributed by atoms with Gasteiger partial charge in [0.15, 0.2) is 0 Å². The monoisotopic (exact) mass is 285 g/mol. The summed E-state index contributed by atoms with van der Waals surface area (Å²) in [7, 11) is 0. The Bertz CT molecular complexity index is 803. The van der Waals surface area contributed by atoms with Gasteiger partial charge in [0.05, 0.1) is 11.2 Å². The number of fused-ring (bicyclic) bond motifs is 1. The summed E-state index contributed by atoms with van der Waals surface area (Å²) >= 11 is 0. The second-order valence-electron chi connectivity index (χ2n) is 4.69. The minimum Gasteiger partial charge on any atom is -0.398 e. The van der Waals surface area contributed by atoms with E-state index in [1.807, 2.05) is 12.1 Å². The minimum absolute atomic E-state index is 0.238. The number of benzene rings is 2. The molecule has 0 radical (unpaired) electrons. The highest BCUT2D eigenvalue weighted by atomic mass is 19.1. The Kier molecular flexibility index (Phi) is 3.39. The summed E-state index contributed by atoms with van der Waals surface area (Å²) in [5, 5.41) is 3.95. The molecule has 0 fully saturated rings. The van der Waals surface area contributed by atoms with Gasteiger partial charge in [0, 0.05) is 35.4 Å². The standard InChI is InChI=1S/C16H13F2N3/c17-11-4-3-10(13(18)8-11)9-21-15-6-5-14(19)12-2-1-7-20-16(12)15/h1-8,21H,9,19H2. The first-order valence-electron chi connectivity index (χ1n) is 6.46. The molecule has 106 valence electrons. The van der Waals surface area contributed by atoms with Crippen LogP contribution in [0.5, 0.6) is 0 Å². The summed E-state index contributed by atoms with van der Waals surface area (Å²) in [6, 6.07) is 10.8. The zero-order valence-electron chi connectivity index (χ0n) is 11.1. The van der Waals surface area contributed by atoms with E-state index in [1.54, 1.807) is 18.3 Å². The van der Waals surface area contributed by atoms with E-state index in [0.29, 0.717) is 11.3 Å². The molecule has 0 aliphatic rings. The lowest BCUT2D eigenvalue weighted by Gasteiger charge is -2.11. The number of nitrogens with one attached hydrogen (secondary N) is 1. The Morgan fingerprint density at radius 1 is 1.10 bits per heavy atom. The lowest BCUT2D eigenvalue weighted by atomic mass is 10.1. The fraction of sp³-hybridized carbons (Fsp3) is 0.0625. The van der Waals surface area contributed by atoms with Crippen LogP contribution in [-0.2, 0) is 6.54 Å². The van der Waals surface area contributed by atoms with Crippen LogP contribution in [0.15, 0.2) is 48.7 Å². The van der Waals surface area contributed by atoms with Crippen molar-refractivity contribution in [2.24, 2.45) is 0 Å². The molecule has 0 atom stereocenters. The third-order valence-corrected chi connectivity index (χ3v) is 3.29. The summed E-state index contributed by atoms with van der Waals surface area (Å²) < 4.78 is 26.5. The fourth-order valence-corrected chi connectivity index (χ4v) is 2.19. The van der Waals surface area contributed by atoms with E-state index in [1.165, 1.54) is 12.1 Å². The molecule has 3 N–H and O–H groups in total. The molecule has 0 saturated heterocycles. The van der Waals surface area contributed by atoms with Crippen LogP contribution >= 0.6 is 0 Å². The first kappa shape index (κ1) is 13.3. The van der Waals surface area contributed by atoms with E-state index in [2.05, 4.69) is 10.3 Å². The van der Waals surface area contributed by atoms with E-state index in [4.69, 9.17) is 5.73 Å². The number of hydrogen-bond acceptors (Lipinski definition) is 3. The number of nitrogens with two attached hydrogens (primary N) is 1. The van der Waals surface area contributed by atoms with Gasteiger partial charge < -0.3 is 11.1 Å². The van der Waals surface area contributed by atoms with E-state index in [0.717, 1.165) is 22.7 Å². The second kappa shape index (κ2) is 5.36. The number of anilines is 2. The molecular weight excluding hydrogens is 272 g/mol. The molecule has 2 aromatic carbocycles. The number of aromatic nitrogens is 1. The minimum atomic E-state index is -0.587. The van der Waals surface area contributed by atoms with Crippen LogP contribution in [0.4, 0.5) is 20.2 Å². The number of hydrogen-bond donors (Lipinski definition) is 2. The predicted molar refractivity (Wildman–Crippen MR) is 79.8 cm³/mol. The highest BCUT2D eigenvalue weighted by molar-refractivity contribution is 5.98. The van der Waals surface area contributed by atoms with E-state index < -0.39 is 11.6 Å². The van der Waals surface area contributed by atoms with Gasteiger partial charge in [0.1, 0.15) is 11.6 Å². The van der Waals surface area contributed by atoms with Gasteiger partial charge in [-0.15, -0.1) is 0 Å². The Labute approximate surface area is 120 Å². The lowest BCUT2D eigenvalue weighted by Crippen LogP contribution is -2.03. The summed E-state index contributed by atoms with van der Waals surface area (Å²) in [6.07, 6.45) is 1.67. The van der Waals surface area contributed by atoms with Crippen LogP contribution in [0.25, 0.3) is 10.9 Å². The van der Waals surface area contributed by atoms with Crippen molar-refractivity contribution in [1.29, 1.82) is 0 Å². The topological polar surface area (TPSA) is 50.9 Å². The molecule has 1 heterocycles. The maximum atomic E-state index is 13.6. The molecule has 21 heavy (non-hydrogen) atoms. The van der Waals surface area contributed by atoms with Crippen LogP contribution in [0, 0.1) is 11.6 Å². The van der Waals surface area contributed by atoms with Gasteiger partial charge in [0.25, 0.3) is 0 Å². The lowest BCUT2D eigenvalue weighted by molar-refractivity contribution is 0.574. The number of nitrogen functional groups attached to an aromatic ring is 1. The Morgan fingerprint density at radius 2 is 1.95 bits per heavy atom. The van der Waals surface area contributed by atoms with Crippen molar-refractivity contribution in [2.45, 2.75) is 6.54 Å². The Morgan fingerprint density at radius 3 is 2.76 bits per heavy atom. The first-order chi connectivity index (χ1) is 10.1. The van der Waals surface area contributed by atoms with Gasteiger partial charge in [-0.25, -0.2) is 8.78 Å². The smallest absolute Gasteiger partial charge is 0.131 e. The summed E-state index contributed by atoms with van der Waals surface area (Å²) in [4.78, 5) is 4.29. The van der Waals surface area contributed by atoms with Gasteiger partial charge in [-0.2, -0.15) is 0 Å². The molecule has 0 spiro atoms. The average molecular weight is 285 g/mol. The predicted octanol–water partition coefficient (Wildman–Crippen LogP) is 3.71. The maximum absolute atomic E-state index is 13.6. The Hall–Kier alpha value is -2.69. The van der Waals surface area contributed by atoms with Crippen molar-refractivity contribution in [2.75, 3.05) is 11.1 Å². The molecule has 1 aromatic heterocycles. The van der Waals surface area contributed by atoms with Crippen LogP contribution in [0.3, 0.4) is 0 Å².